The van der Waals surface area contributed by atoms with Gasteiger partial charge in [0.15, 0.2) is 0 Å². The van der Waals surface area contributed by atoms with Gasteiger partial charge in [0.2, 0.25) is 5.91 Å². The van der Waals surface area contributed by atoms with Crippen LogP contribution in [0, 0.1) is 0 Å². The summed E-state index contributed by atoms with van der Waals surface area (Å²) in [5, 5.41) is 17.2. The van der Waals surface area contributed by atoms with Crippen molar-refractivity contribution in [3.8, 4) is 0 Å². The van der Waals surface area contributed by atoms with E-state index in [2.05, 4.69) is 10.4 Å². The molecule has 0 saturated heterocycles. The number of amides is 1. The number of benzene rings is 1. The first kappa shape index (κ1) is 14.5. The molecule has 1 heterocycles. The monoisotopic (exact) mass is 297 g/mol. The lowest BCUT2D eigenvalue weighted by molar-refractivity contribution is -0.117. The van der Waals surface area contributed by atoms with Crippen molar-refractivity contribution >= 4 is 12.0 Å². The van der Waals surface area contributed by atoms with E-state index in [0.29, 0.717) is 6.42 Å². The molecule has 2 N–H and O–H groups in total. The summed E-state index contributed by atoms with van der Waals surface area (Å²) in [6, 6.07) is 9.32. The topological polar surface area (TPSA) is 67.2 Å². The normalized spacial score (nSPS) is 20.3. The average molecular weight is 297 g/mol. The number of aliphatic hydroxyl groups excluding tert-OH is 1. The highest BCUT2D eigenvalue weighted by atomic mass is 16.3. The average Bonchev–Trinajstić information content (AvgIpc) is 3.10. The van der Waals surface area contributed by atoms with Crippen LogP contribution in [-0.2, 0) is 17.8 Å². The molecule has 1 amide bonds. The van der Waals surface area contributed by atoms with Gasteiger partial charge in [0.05, 0.1) is 17.8 Å². The Morgan fingerprint density at radius 1 is 1.45 bits per heavy atom. The van der Waals surface area contributed by atoms with Crippen LogP contribution in [0.4, 0.5) is 0 Å². The molecule has 0 aliphatic heterocycles. The number of aromatic nitrogens is 2. The molecule has 2 atom stereocenters. The van der Waals surface area contributed by atoms with Gasteiger partial charge in [0, 0.05) is 25.2 Å². The Labute approximate surface area is 129 Å². The maximum absolute atomic E-state index is 12.1. The fourth-order valence-corrected chi connectivity index (χ4v) is 2.86. The van der Waals surface area contributed by atoms with Gasteiger partial charge in [-0.2, -0.15) is 5.10 Å². The van der Waals surface area contributed by atoms with E-state index >= 15 is 0 Å². The van der Waals surface area contributed by atoms with E-state index in [-0.39, 0.29) is 11.9 Å². The third-order valence-electron chi connectivity index (χ3n) is 3.96. The summed E-state index contributed by atoms with van der Waals surface area (Å²) >= 11 is 0. The van der Waals surface area contributed by atoms with Crippen molar-refractivity contribution in [1.82, 2.24) is 15.1 Å². The SMILES string of the molecule is CCn1nccc1/C=C/C(=O)NC1c2ccccc2CC1O. The van der Waals surface area contributed by atoms with E-state index in [4.69, 9.17) is 0 Å². The smallest absolute Gasteiger partial charge is 0.244 e. The number of nitrogens with one attached hydrogen (secondary N) is 1. The molecule has 22 heavy (non-hydrogen) atoms. The van der Waals surface area contributed by atoms with Gasteiger partial charge >= 0.3 is 0 Å². The Morgan fingerprint density at radius 2 is 2.27 bits per heavy atom. The summed E-state index contributed by atoms with van der Waals surface area (Å²) in [7, 11) is 0. The van der Waals surface area contributed by atoms with Crippen molar-refractivity contribution < 1.29 is 9.90 Å². The first-order chi connectivity index (χ1) is 10.7. The molecule has 2 unspecified atom stereocenters. The molecule has 2 aromatic rings. The van der Waals surface area contributed by atoms with Crippen LogP contribution < -0.4 is 5.32 Å². The van der Waals surface area contributed by atoms with Crippen LogP contribution >= 0.6 is 0 Å². The van der Waals surface area contributed by atoms with Gasteiger partial charge in [0.25, 0.3) is 0 Å². The lowest BCUT2D eigenvalue weighted by Gasteiger charge is -2.16. The van der Waals surface area contributed by atoms with E-state index in [0.717, 1.165) is 23.4 Å². The van der Waals surface area contributed by atoms with Crippen LogP contribution in [0.25, 0.3) is 6.08 Å². The van der Waals surface area contributed by atoms with Gasteiger partial charge in [0.1, 0.15) is 0 Å². The van der Waals surface area contributed by atoms with E-state index < -0.39 is 6.10 Å². The second-order valence-corrected chi connectivity index (χ2v) is 5.36. The molecule has 0 bridgehead atoms. The van der Waals surface area contributed by atoms with Crippen molar-refractivity contribution in [3.63, 3.8) is 0 Å². The van der Waals surface area contributed by atoms with Crippen molar-refractivity contribution in [2.45, 2.75) is 32.0 Å². The second-order valence-electron chi connectivity index (χ2n) is 5.36. The standard InChI is InChI=1S/C17H19N3O2/c1-2-20-13(9-10-18-20)7-8-16(22)19-17-14-6-4-3-5-12(14)11-15(17)21/h3-10,15,17,21H,2,11H2,1H3,(H,19,22)/b8-7+. The Balaban J connectivity index is 1.70. The summed E-state index contributed by atoms with van der Waals surface area (Å²) in [6.07, 6.45) is 4.93. The minimum absolute atomic E-state index is 0.218. The Morgan fingerprint density at radius 3 is 3.09 bits per heavy atom. The zero-order valence-corrected chi connectivity index (χ0v) is 12.4. The van der Waals surface area contributed by atoms with Gasteiger partial charge in [-0.15, -0.1) is 0 Å². The second kappa shape index (κ2) is 6.15. The van der Waals surface area contributed by atoms with Crippen molar-refractivity contribution in [3.05, 3.63) is 59.4 Å². The number of carbonyl (C=O) groups is 1. The highest BCUT2D eigenvalue weighted by Crippen LogP contribution is 2.31. The number of hydrogen-bond donors (Lipinski definition) is 2. The number of rotatable bonds is 4. The molecule has 0 radical (unpaired) electrons. The first-order valence-corrected chi connectivity index (χ1v) is 7.45. The number of fused-ring (bicyclic) bond motifs is 1. The van der Waals surface area contributed by atoms with Crippen LogP contribution in [0.2, 0.25) is 0 Å². The summed E-state index contributed by atoms with van der Waals surface area (Å²) in [6.45, 7) is 2.75. The highest BCUT2D eigenvalue weighted by molar-refractivity contribution is 5.91. The van der Waals surface area contributed by atoms with Gasteiger partial charge in [-0.05, 0) is 30.2 Å². The minimum atomic E-state index is -0.573. The lowest BCUT2D eigenvalue weighted by atomic mass is 10.1. The van der Waals surface area contributed by atoms with Crippen molar-refractivity contribution in [1.29, 1.82) is 0 Å². The van der Waals surface area contributed by atoms with E-state index in [1.165, 1.54) is 6.08 Å². The van der Waals surface area contributed by atoms with Crippen LogP contribution in [0.15, 0.2) is 42.6 Å². The molecule has 5 heteroatoms. The molecular weight excluding hydrogens is 278 g/mol. The van der Waals surface area contributed by atoms with Gasteiger partial charge < -0.3 is 10.4 Å². The molecule has 0 saturated carbocycles. The molecular formula is C17H19N3O2. The van der Waals surface area contributed by atoms with Crippen LogP contribution in [-0.4, -0.2) is 26.9 Å². The minimum Gasteiger partial charge on any atom is -0.390 e. The lowest BCUT2D eigenvalue weighted by Crippen LogP contribution is -2.32. The molecule has 5 nitrogen and oxygen atoms in total. The van der Waals surface area contributed by atoms with Crippen molar-refractivity contribution in [2.75, 3.05) is 0 Å². The van der Waals surface area contributed by atoms with Crippen LogP contribution in [0.5, 0.6) is 0 Å². The predicted molar refractivity (Wildman–Crippen MR) is 84.0 cm³/mol. The number of hydrogen-bond acceptors (Lipinski definition) is 3. The zero-order chi connectivity index (χ0) is 15.5. The van der Waals surface area contributed by atoms with Crippen LogP contribution in [0.1, 0.15) is 29.8 Å². The molecule has 1 aromatic carbocycles. The summed E-state index contributed by atoms with van der Waals surface area (Å²) in [5.74, 6) is -0.218. The molecule has 0 spiro atoms. The predicted octanol–water partition coefficient (Wildman–Crippen LogP) is 1.69. The Kier molecular flexibility index (Phi) is 4.06. The quantitative estimate of drug-likeness (QED) is 0.844. The maximum Gasteiger partial charge on any atom is 0.244 e. The fraction of sp³-hybridized carbons (Fsp3) is 0.294. The molecule has 0 fully saturated rings. The summed E-state index contributed by atoms with van der Waals surface area (Å²) < 4.78 is 1.81. The Hall–Kier alpha value is -2.40. The van der Waals surface area contributed by atoms with Crippen molar-refractivity contribution in [2.24, 2.45) is 0 Å². The molecule has 1 aliphatic rings. The fourth-order valence-electron chi connectivity index (χ4n) is 2.86. The number of nitrogens with zero attached hydrogens (tertiary/aromatic N) is 2. The highest BCUT2D eigenvalue weighted by Gasteiger charge is 2.31. The van der Waals surface area contributed by atoms with Gasteiger partial charge in [-0.1, -0.05) is 24.3 Å². The van der Waals surface area contributed by atoms with E-state index in [1.54, 1.807) is 12.3 Å². The van der Waals surface area contributed by atoms with Crippen LogP contribution in [0.3, 0.4) is 0 Å². The molecule has 114 valence electrons. The summed E-state index contributed by atoms with van der Waals surface area (Å²) in [5.41, 5.74) is 2.97. The third kappa shape index (κ3) is 2.80. The molecule has 1 aliphatic carbocycles. The third-order valence-corrected chi connectivity index (χ3v) is 3.96. The summed E-state index contributed by atoms with van der Waals surface area (Å²) in [4.78, 5) is 12.1. The number of aliphatic hydroxyl groups is 1. The zero-order valence-electron chi connectivity index (χ0n) is 12.4. The van der Waals surface area contributed by atoms with Gasteiger partial charge in [-0.3, -0.25) is 9.48 Å². The number of carbonyl (C=O) groups excluding carboxylic acids is 1. The van der Waals surface area contributed by atoms with E-state index in [9.17, 15) is 9.90 Å². The molecule has 3 rings (SSSR count). The molecule has 1 aromatic heterocycles. The maximum atomic E-state index is 12.1. The number of aryl methyl sites for hydroxylation is 1. The van der Waals surface area contributed by atoms with E-state index in [1.807, 2.05) is 41.9 Å². The largest absolute Gasteiger partial charge is 0.390 e. The first-order valence-electron chi connectivity index (χ1n) is 7.45. The Bertz CT molecular complexity index is 705. The van der Waals surface area contributed by atoms with Gasteiger partial charge in [-0.25, -0.2) is 0 Å².